The van der Waals surface area contributed by atoms with E-state index in [0.29, 0.717) is 0 Å². The number of carbonyl (C=O) groups excluding carboxylic acids is 1. The van der Waals surface area contributed by atoms with Crippen LogP contribution in [0.25, 0.3) is 0 Å². The second-order valence-electron chi connectivity index (χ2n) is 3.35. The summed E-state index contributed by atoms with van der Waals surface area (Å²) in [5, 5.41) is 19.1. The smallest absolute Gasteiger partial charge is 0.185 e. The Hall–Kier alpha value is -0.690. The Bertz CT molecular complexity index is 419. The van der Waals surface area contributed by atoms with Crippen molar-refractivity contribution in [2.75, 3.05) is 5.75 Å². The van der Waals surface area contributed by atoms with Crippen LogP contribution in [-0.4, -0.2) is 32.2 Å². The SMILES string of the molecule is CC(=O)SCC(O)C(O)c1cc(F)cnc1Cl. The molecule has 4 nitrogen and oxygen atoms in total. The van der Waals surface area contributed by atoms with E-state index in [0.717, 1.165) is 24.0 Å². The Morgan fingerprint density at radius 3 is 2.88 bits per heavy atom. The first-order valence-electron chi connectivity index (χ1n) is 4.72. The topological polar surface area (TPSA) is 70.4 Å². The van der Waals surface area contributed by atoms with Crippen LogP contribution in [0.15, 0.2) is 12.3 Å². The van der Waals surface area contributed by atoms with Crippen LogP contribution in [-0.2, 0) is 4.79 Å². The van der Waals surface area contributed by atoms with Crippen LogP contribution in [0, 0.1) is 5.82 Å². The van der Waals surface area contributed by atoms with E-state index < -0.39 is 18.0 Å². The van der Waals surface area contributed by atoms with Gasteiger partial charge in [-0.05, 0) is 6.07 Å². The Balaban J connectivity index is 2.77. The van der Waals surface area contributed by atoms with Crippen LogP contribution in [0.1, 0.15) is 18.6 Å². The van der Waals surface area contributed by atoms with Crippen molar-refractivity contribution in [1.82, 2.24) is 4.98 Å². The third-order valence-electron chi connectivity index (χ3n) is 1.97. The van der Waals surface area contributed by atoms with Gasteiger partial charge in [0.05, 0.1) is 12.3 Å². The Kier molecular flexibility index (Phi) is 5.32. The zero-order valence-electron chi connectivity index (χ0n) is 8.93. The molecule has 2 unspecified atom stereocenters. The molecule has 0 aromatic carbocycles. The molecule has 0 spiro atoms. The molecular weight excluding hydrogens is 269 g/mol. The monoisotopic (exact) mass is 279 g/mol. The minimum absolute atomic E-state index is 0.00307. The number of pyridine rings is 1. The molecule has 1 rings (SSSR count). The zero-order chi connectivity index (χ0) is 13.0. The van der Waals surface area contributed by atoms with Gasteiger partial charge in [0, 0.05) is 18.2 Å². The lowest BCUT2D eigenvalue weighted by Crippen LogP contribution is -2.22. The third-order valence-corrected chi connectivity index (χ3v) is 3.20. The van der Waals surface area contributed by atoms with Crippen molar-refractivity contribution in [3.05, 3.63) is 28.8 Å². The molecule has 0 aliphatic carbocycles. The lowest BCUT2D eigenvalue weighted by atomic mass is 10.1. The number of halogens is 2. The van der Waals surface area contributed by atoms with Crippen molar-refractivity contribution in [2.45, 2.75) is 19.1 Å². The number of hydrogen-bond acceptors (Lipinski definition) is 5. The van der Waals surface area contributed by atoms with Crippen LogP contribution < -0.4 is 0 Å². The molecule has 0 saturated heterocycles. The van der Waals surface area contributed by atoms with Crippen LogP contribution >= 0.6 is 23.4 Å². The lowest BCUT2D eigenvalue weighted by Gasteiger charge is -2.17. The summed E-state index contributed by atoms with van der Waals surface area (Å²) in [6.45, 7) is 1.35. The molecule has 1 heterocycles. The fourth-order valence-electron chi connectivity index (χ4n) is 1.15. The van der Waals surface area contributed by atoms with Crippen molar-refractivity contribution in [3.63, 3.8) is 0 Å². The molecule has 0 fully saturated rings. The number of carbonyl (C=O) groups is 1. The minimum Gasteiger partial charge on any atom is -0.389 e. The van der Waals surface area contributed by atoms with E-state index in [2.05, 4.69) is 4.98 Å². The number of nitrogens with zero attached hydrogens (tertiary/aromatic N) is 1. The average Bonchev–Trinajstić information content (AvgIpc) is 2.28. The first kappa shape index (κ1) is 14.4. The predicted octanol–water partition coefficient (Wildman–Crippen LogP) is 1.55. The van der Waals surface area contributed by atoms with E-state index in [-0.39, 0.29) is 21.6 Å². The number of rotatable bonds is 4. The summed E-state index contributed by atoms with van der Waals surface area (Å²) < 4.78 is 12.9. The van der Waals surface area contributed by atoms with Crippen LogP contribution in [0.2, 0.25) is 5.15 Å². The summed E-state index contributed by atoms with van der Waals surface area (Å²) in [5.41, 5.74) is 0.00307. The van der Waals surface area contributed by atoms with Crippen LogP contribution in [0.5, 0.6) is 0 Å². The average molecular weight is 280 g/mol. The highest BCUT2D eigenvalue weighted by atomic mass is 35.5. The number of hydrogen-bond donors (Lipinski definition) is 2. The number of aliphatic hydroxyl groups is 2. The molecule has 0 aliphatic heterocycles. The minimum atomic E-state index is -1.38. The molecule has 1 aromatic heterocycles. The number of thioether (sulfide) groups is 1. The first-order valence-corrected chi connectivity index (χ1v) is 6.08. The van der Waals surface area contributed by atoms with Crippen molar-refractivity contribution in [3.8, 4) is 0 Å². The summed E-state index contributed by atoms with van der Waals surface area (Å²) in [7, 11) is 0. The van der Waals surface area contributed by atoms with Crippen molar-refractivity contribution >= 4 is 28.5 Å². The van der Waals surface area contributed by atoms with Crippen molar-refractivity contribution in [1.29, 1.82) is 0 Å². The van der Waals surface area contributed by atoms with Gasteiger partial charge in [-0.15, -0.1) is 0 Å². The van der Waals surface area contributed by atoms with Gasteiger partial charge >= 0.3 is 0 Å². The molecule has 0 radical (unpaired) electrons. The molecule has 94 valence electrons. The predicted molar refractivity (Wildman–Crippen MR) is 63.3 cm³/mol. The van der Waals surface area contributed by atoms with E-state index in [4.69, 9.17) is 11.6 Å². The van der Waals surface area contributed by atoms with Gasteiger partial charge in [-0.1, -0.05) is 23.4 Å². The summed E-state index contributed by atoms with van der Waals surface area (Å²) in [6, 6.07) is 1.00. The third kappa shape index (κ3) is 4.23. The van der Waals surface area contributed by atoms with Gasteiger partial charge < -0.3 is 10.2 Å². The maximum atomic E-state index is 12.9. The second kappa shape index (κ2) is 6.30. The van der Waals surface area contributed by atoms with Gasteiger partial charge in [0.2, 0.25) is 0 Å². The van der Waals surface area contributed by atoms with Gasteiger partial charge in [-0.2, -0.15) is 0 Å². The number of aromatic nitrogens is 1. The standard InChI is InChI=1S/C10H11ClFNO3S/c1-5(14)17-4-8(15)9(16)7-2-6(12)3-13-10(7)11/h2-3,8-9,15-16H,4H2,1H3. The molecule has 7 heteroatoms. The second-order valence-corrected chi connectivity index (χ2v) is 4.90. The Labute approximate surface area is 107 Å². The molecule has 0 amide bonds. The summed E-state index contributed by atoms with van der Waals surface area (Å²) in [6.07, 6.45) is -1.68. The fourth-order valence-corrected chi connectivity index (χ4v) is 1.95. The van der Waals surface area contributed by atoms with Crippen LogP contribution in [0.4, 0.5) is 4.39 Å². The molecule has 0 aliphatic rings. The van der Waals surface area contributed by atoms with Gasteiger partial charge in [-0.25, -0.2) is 9.37 Å². The van der Waals surface area contributed by atoms with E-state index in [9.17, 15) is 19.4 Å². The Morgan fingerprint density at radius 1 is 1.65 bits per heavy atom. The highest BCUT2D eigenvalue weighted by Gasteiger charge is 2.22. The highest BCUT2D eigenvalue weighted by molar-refractivity contribution is 8.13. The first-order chi connectivity index (χ1) is 7.91. The van der Waals surface area contributed by atoms with Gasteiger partial charge in [-0.3, -0.25) is 4.79 Å². The molecule has 17 heavy (non-hydrogen) atoms. The maximum Gasteiger partial charge on any atom is 0.185 e. The largest absolute Gasteiger partial charge is 0.389 e. The molecule has 2 N–H and O–H groups in total. The normalized spacial score (nSPS) is 14.4. The number of aliphatic hydroxyl groups excluding tert-OH is 2. The summed E-state index contributed by atoms with van der Waals surface area (Å²) >= 11 is 6.54. The molecule has 0 bridgehead atoms. The maximum absolute atomic E-state index is 12.9. The molecular formula is C10H11ClFNO3S. The summed E-state index contributed by atoms with van der Waals surface area (Å²) in [5.74, 6) is -0.654. The zero-order valence-corrected chi connectivity index (χ0v) is 10.5. The fraction of sp³-hybridized carbons (Fsp3) is 0.400. The Morgan fingerprint density at radius 2 is 2.29 bits per heavy atom. The quantitative estimate of drug-likeness (QED) is 0.819. The van der Waals surface area contributed by atoms with Crippen molar-refractivity contribution in [2.24, 2.45) is 0 Å². The van der Waals surface area contributed by atoms with E-state index in [1.807, 2.05) is 0 Å². The molecule has 2 atom stereocenters. The molecule has 0 saturated carbocycles. The summed E-state index contributed by atoms with van der Waals surface area (Å²) in [4.78, 5) is 14.2. The van der Waals surface area contributed by atoms with E-state index in [1.54, 1.807) is 0 Å². The van der Waals surface area contributed by atoms with E-state index >= 15 is 0 Å². The molecule has 1 aromatic rings. The van der Waals surface area contributed by atoms with Gasteiger partial charge in [0.25, 0.3) is 0 Å². The van der Waals surface area contributed by atoms with E-state index in [1.165, 1.54) is 6.92 Å². The van der Waals surface area contributed by atoms with Gasteiger partial charge in [0.15, 0.2) is 5.12 Å². The highest BCUT2D eigenvalue weighted by Crippen LogP contribution is 2.25. The lowest BCUT2D eigenvalue weighted by molar-refractivity contribution is -0.109. The van der Waals surface area contributed by atoms with Crippen molar-refractivity contribution < 1.29 is 19.4 Å². The van der Waals surface area contributed by atoms with Gasteiger partial charge in [0.1, 0.15) is 17.1 Å². The van der Waals surface area contributed by atoms with Crippen LogP contribution in [0.3, 0.4) is 0 Å².